The third-order valence-corrected chi connectivity index (χ3v) is 7.45. The molecule has 28 heavy (non-hydrogen) atoms. The Morgan fingerprint density at radius 1 is 1.25 bits per heavy atom. The van der Waals surface area contributed by atoms with Crippen molar-refractivity contribution in [2.45, 2.75) is 54.8 Å². The van der Waals surface area contributed by atoms with Crippen LogP contribution in [0, 0.1) is 0 Å². The summed E-state index contributed by atoms with van der Waals surface area (Å²) in [6.07, 6.45) is 3.61. The summed E-state index contributed by atoms with van der Waals surface area (Å²) < 4.78 is 26.9. The number of amides is 1. The number of sulfonamides is 1. The van der Waals surface area contributed by atoms with Crippen LogP contribution in [-0.2, 0) is 21.2 Å². The van der Waals surface area contributed by atoms with Crippen molar-refractivity contribution in [3.63, 3.8) is 0 Å². The molecule has 1 fully saturated rings. The second kappa shape index (κ2) is 9.06. The molecule has 1 aliphatic rings. The van der Waals surface area contributed by atoms with Crippen LogP contribution in [0.5, 0.6) is 0 Å². The fourth-order valence-electron chi connectivity index (χ4n) is 2.91. The number of piperidine rings is 1. The predicted molar refractivity (Wildman–Crippen MR) is 109 cm³/mol. The molecule has 0 spiro atoms. The molecule has 1 aliphatic heterocycles. The van der Waals surface area contributed by atoms with E-state index in [1.807, 2.05) is 6.92 Å². The number of benzene rings is 1. The Morgan fingerprint density at radius 3 is 2.54 bits per heavy atom. The van der Waals surface area contributed by atoms with Gasteiger partial charge in [0.05, 0.1) is 10.1 Å². The maximum absolute atomic E-state index is 12.7. The minimum Gasteiger partial charge on any atom is -0.325 e. The van der Waals surface area contributed by atoms with Gasteiger partial charge < -0.3 is 5.32 Å². The fourth-order valence-corrected chi connectivity index (χ4v) is 5.17. The van der Waals surface area contributed by atoms with Crippen LogP contribution in [0.3, 0.4) is 0 Å². The van der Waals surface area contributed by atoms with Gasteiger partial charge in [-0.05, 0) is 44.0 Å². The molecule has 1 atom stereocenters. The Balaban J connectivity index is 1.60. The summed E-state index contributed by atoms with van der Waals surface area (Å²) in [6.45, 7) is 4.88. The molecular weight excluding hydrogens is 398 g/mol. The van der Waals surface area contributed by atoms with Crippen LogP contribution >= 0.6 is 11.8 Å². The quantitative estimate of drug-likeness (QED) is 0.663. The molecule has 2 heterocycles. The third kappa shape index (κ3) is 4.92. The van der Waals surface area contributed by atoms with Gasteiger partial charge in [0.25, 0.3) is 0 Å². The SMILES string of the molecule is CCc1nc(SC(C)C(=O)Nc2ccc(S(=O)(=O)N3CCCCC3)cc2)n[nH]1. The predicted octanol–water partition coefficient (Wildman–Crippen LogP) is 2.66. The summed E-state index contributed by atoms with van der Waals surface area (Å²) >= 11 is 1.27. The monoisotopic (exact) mass is 423 g/mol. The topological polar surface area (TPSA) is 108 Å². The van der Waals surface area contributed by atoms with E-state index < -0.39 is 15.3 Å². The molecule has 1 saturated heterocycles. The molecule has 1 aromatic heterocycles. The number of aromatic amines is 1. The summed E-state index contributed by atoms with van der Waals surface area (Å²) in [7, 11) is -3.47. The molecule has 152 valence electrons. The van der Waals surface area contributed by atoms with E-state index in [0.717, 1.165) is 31.5 Å². The number of hydrogen-bond acceptors (Lipinski definition) is 6. The van der Waals surface area contributed by atoms with Crippen molar-refractivity contribution in [1.82, 2.24) is 19.5 Å². The van der Waals surface area contributed by atoms with Crippen molar-refractivity contribution in [1.29, 1.82) is 0 Å². The minimum absolute atomic E-state index is 0.195. The lowest BCUT2D eigenvalue weighted by Gasteiger charge is -2.25. The number of rotatable bonds is 7. The fraction of sp³-hybridized carbons (Fsp3) is 0.500. The van der Waals surface area contributed by atoms with Crippen molar-refractivity contribution < 1.29 is 13.2 Å². The largest absolute Gasteiger partial charge is 0.325 e. The zero-order valence-electron chi connectivity index (χ0n) is 16.0. The van der Waals surface area contributed by atoms with Crippen molar-refractivity contribution in [3.8, 4) is 0 Å². The highest BCUT2D eigenvalue weighted by Crippen LogP contribution is 2.23. The smallest absolute Gasteiger partial charge is 0.243 e. The summed E-state index contributed by atoms with van der Waals surface area (Å²) in [6, 6.07) is 6.32. The van der Waals surface area contributed by atoms with Gasteiger partial charge in [0.2, 0.25) is 21.1 Å². The molecule has 0 saturated carbocycles. The summed E-state index contributed by atoms with van der Waals surface area (Å²) in [5, 5.41) is 9.84. The van der Waals surface area contributed by atoms with Gasteiger partial charge in [-0.2, -0.15) is 4.31 Å². The van der Waals surface area contributed by atoms with Gasteiger partial charge in [-0.1, -0.05) is 25.1 Å². The number of carbonyl (C=O) groups is 1. The van der Waals surface area contributed by atoms with Crippen molar-refractivity contribution in [3.05, 3.63) is 30.1 Å². The zero-order valence-corrected chi connectivity index (χ0v) is 17.6. The minimum atomic E-state index is -3.47. The van der Waals surface area contributed by atoms with E-state index in [0.29, 0.717) is 23.9 Å². The van der Waals surface area contributed by atoms with Crippen LogP contribution < -0.4 is 5.32 Å². The third-order valence-electron chi connectivity index (χ3n) is 4.57. The Bertz CT molecular complexity index is 906. The summed E-state index contributed by atoms with van der Waals surface area (Å²) in [5.74, 6) is 0.583. The number of aromatic nitrogens is 3. The van der Waals surface area contributed by atoms with Crippen molar-refractivity contribution in [2.24, 2.45) is 0 Å². The highest BCUT2D eigenvalue weighted by molar-refractivity contribution is 8.00. The van der Waals surface area contributed by atoms with E-state index in [9.17, 15) is 13.2 Å². The van der Waals surface area contributed by atoms with Gasteiger partial charge in [0.1, 0.15) is 5.82 Å². The first kappa shape index (κ1) is 20.8. The van der Waals surface area contributed by atoms with Crippen LogP contribution in [0.15, 0.2) is 34.3 Å². The first-order valence-electron chi connectivity index (χ1n) is 9.39. The Morgan fingerprint density at radius 2 is 1.93 bits per heavy atom. The van der Waals surface area contributed by atoms with Crippen molar-refractivity contribution >= 4 is 33.4 Å². The molecule has 1 unspecified atom stereocenters. The molecule has 10 heteroatoms. The maximum Gasteiger partial charge on any atom is 0.243 e. The Kier molecular flexibility index (Phi) is 6.73. The number of hydrogen-bond donors (Lipinski definition) is 2. The normalized spacial score (nSPS) is 16.6. The Labute approximate surface area is 169 Å². The van der Waals surface area contributed by atoms with E-state index in [4.69, 9.17) is 0 Å². The second-order valence-corrected chi connectivity index (χ2v) is 9.90. The molecule has 1 aromatic carbocycles. The second-order valence-electron chi connectivity index (χ2n) is 6.66. The van der Waals surface area contributed by atoms with Crippen LogP contribution in [-0.4, -0.2) is 52.2 Å². The van der Waals surface area contributed by atoms with Gasteiger partial charge in [-0.3, -0.25) is 9.89 Å². The molecule has 0 bridgehead atoms. The van der Waals surface area contributed by atoms with Crippen LogP contribution in [0.25, 0.3) is 0 Å². The van der Waals surface area contributed by atoms with Gasteiger partial charge in [-0.25, -0.2) is 13.4 Å². The van der Waals surface area contributed by atoms with Crippen LogP contribution in [0.2, 0.25) is 0 Å². The molecule has 2 aromatic rings. The lowest BCUT2D eigenvalue weighted by molar-refractivity contribution is -0.115. The first-order chi connectivity index (χ1) is 13.4. The van der Waals surface area contributed by atoms with Crippen molar-refractivity contribution in [2.75, 3.05) is 18.4 Å². The average molecular weight is 424 g/mol. The standard InChI is InChI=1S/C18H25N5O3S2/c1-3-16-20-18(22-21-16)27-13(2)17(24)19-14-7-9-15(10-8-14)28(25,26)23-11-5-4-6-12-23/h7-10,13H,3-6,11-12H2,1-2H3,(H,19,24)(H,20,21,22). The Hall–Kier alpha value is -1.91. The highest BCUT2D eigenvalue weighted by Gasteiger charge is 2.26. The van der Waals surface area contributed by atoms with E-state index >= 15 is 0 Å². The molecule has 0 aliphatic carbocycles. The number of nitrogens with one attached hydrogen (secondary N) is 2. The number of nitrogens with zero attached hydrogens (tertiary/aromatic N) is 3. The first-order valence-corrected chi connectivity index (χ1v) is 11.7. The molecular formula is C18H25N5O3S2. The number of aryl methyl sites for hydroxylation is 1. The van der Waals surface area contributed by atoms with Gasteiger partial charge in [0.15, 0.2) is 0 Å². The van der Waals surface area contributed by atoms with Gasteiger partial charge >= 0.3 is 0 Å². The van der Waals surface area contributed by atoms with Gasteiger partial charge in [-0.15, -0.1) is 5.10 Å². The summed E-state index contributed by atoms with van der Waals surface area (Å²) in [5.41, 5.74) is 0.555. The molecule has 2 N–H and O–H groups in total. The molecule has 3 rings (SSSR count). The number of anilines is 1. The lowest BCUT2D eigenvalue weighted by atomic mass is 10.2. The molecule has 1 amide bonds. The van der Waals surface area contributed by atoms with E-state index in [-0.39, 0.29) is 10.8 Å². The van der Waals surface area contributed by atoms with Crippen LogP contribution in [0.1, 0.15) is 38.9 Å². The lowest BCUT2D eigenvalue weighted by Crippen LogP contribution is -2.35. The van der Waals surface area contributed by atoms with Gasteiger partial charge in [0, 0.05) is 25.2 Å². The van der Waals surface area contributed by atoms with E-state index in [2.05, 4.69) is 20.5 Å². The average Bonchev–Trinajstić information content (AvgIpc) is 3.16. The van der Waals surface area contributed by atoms with Crippen LogP contribution in [0.4, 0.5) is 5.69 Å². The van der Waals surface area contributed by atoms with E-state index in [1.54, 1.807) is 31.2 Å². The number of thioether (sulfide) groups is 1. The maximum atomic E-state index is 12.7. The molecule has 0 radical (unpaired) electrons. The summed E-state index contributed by atoms with van der Waals surface area (Å²) in [4.78, 5) is 16.9. The molecule has 8 nitrogen and oxygen atoms in total. The zero-order chi connectivity index (χ0) is 20.1. The number of carbonyl (C=O) groups excluding carboxylic acids is 1. The van der Waals surface area contributed by atoms with E-state index in [1.165, 1.54) is 16.1 Å². The number of H-pyrrole nitrogens is 1. The highest BCUT2D eigenvalue weighted by atomic mass is 32.2.